The van der Waals surface area contributed by atoms with Gasteiger partial charge in [-0.3, -0.25) is 4.57 Å². The second-order valence-electron chi connectivity index (χ2n) is 1.09. The maximum Gasteiger partial charge on any atom is 0.229 e. The third kappa shape index (κ3) is 5.20. The maximum atomic E-state index is 10.2. The van der Waals surface area contributed by atoms with Gasteiger partial charge in [-0.1, -0.05) is 0 Å². The van der Waals surface area contributed by atoms with Crippen LogP contribution in [0.5, 0.6) is 0 Å². The van der Waals surface area contributed by atoms with E-state index >= 15 is 0 Å². The lowest BCUT2D eigenvalue weighted by atomic mass is 11.9. The van der Waals surface area contributed by atoms with Crippen LogP contribution in [-0.4, -0.2) is 16.1 Å². The van der Waals surface area contributed by atoms with E-state index in [1.54, 1.807) is 0 Å². The highest BCUT2D eigenvalue weighted by atomic mass is 35.5. The van der Waals surface area contributed by atoms with Crippen molar-refractivity contribution >= 4 is 43.0 Å². The lowest BCUT2D eigenvalue weighted by molar-refractivity contribution is 0.488. The van der Waals surface area contributed by atoms with Gasteiger partial charge in [0.1, 0.15) is 11.2 Å². The predicted molar refractivity (Wildman–Crippen MR) is 38.5 cm³/mol. The van der Waals surface area contributed by atoms with Crippen molar-refractivity contribution in [3.8, 4) is 0 Å². The van der Waals surface area contributed by atoms with Gasteiger partial charge in [0, 0.05) is 0 Å². The van der Waals surface area contributed by atoms with Crippen molar-refractivity contribution in [2.45, 2.75) is 0 Å². The van der Waals surface area contributed by atoms with Crippen molar-refractivity contribution in [1.82, 2.24) is 0 Å². The Labute approximate surface area is 64.0 Å². The molecule has 0 spiro atoms. The highest BCUT2D eigenvalue weighted by Gasteiger charge is 2.12. The molecule has 0 bridgehead atoms. The van der Waals surface area contributed by atoms with Gasteiger partial charge in [0.25, 0.3) is 0 Å². The third-order valence-corrected chi connectivity index (χ3v) is 3.36. The van der Waals surface area contributed by atoms with Gasteiger partial charge in [-0.25, -0.2) is 0 Å². The van der Waals surface area contributed by atoms with Crippen LogP contribution in [0.1, 0.15) is 0 Å². The molecule has 0 aromatic heterocycles. The lowest BCUT2D eigenvalue weighted by Crippen LogP contribution is -1.79. The minimum atomic E-state index is -3.12. The summed E-state index contributed by atoms with van der Waals surface area (Å²) in [6.07, 6.45) is 0. The molecule has 0 aliphatic heterocycles. The van der Waals surface area contributed by atoms with E-state index in [-0.39, 0.29) is 23.6 Å². The average molecular weight is 199 g/mol. The molecule has 0 radical (unpaired) electrons. The number of hydrogen-bond donors (Lipinski definition) is 1. The molecule has 0 rings (SSSR count). The van der Waals surface area contributed by atoms with Gasteiger partial charge < -0.3 is 4.89 Å². The zero-order valence-electron chi connectivity index (χ0n) is 3.88. The first kappa shape index (κ1) is 11.8. The minimum absolute atomic E-state index is 0. The SMILES string of the molecule is Cl.O=P(O)(CCl)CCl. The Kier molecular flexibility index (Phi) is 7.22. The van der Waals surface area contributed by atoms with E-state index in [0.29, 0.717) is 0 Å². The fraction of sp³-hybridized carbons (Fsp3) is 1.00. The summed E-state index contributed by atoms with van der Waals surface area (Å²) in [5.74, 6) is 0. The molecular formula is C2H6Cl3O2P. The Bertz CT molecular complexity index is 87.3. The van der Waals surface area contributed by atoms with Gasteiger partial charge in [-0.2, -0.15) is 0 Å². The molecule has 0 aromatic rings. The van der Waals surface area contributed by atoms with Gasteiger partial charge in [0.2, 0.25) is 7.37 Å². The summed E-state index contributed by atoms with van der Waals surface area (Å²) in [6.45, 7) is 0. The summed E-state index contributed by atoms with van der Waals surface area (Å²) >= 11 is 9.99. The van der Waals surface area contributed by atoms with Gasteiger partial charge >= 0.3 is 0 Å². The van der Waals surface area contributed by atoms with Crippen LogP contribution >= 0.6 is 43.0 Å². The summed E-state index contributed by atoms with van der Waals surface area (Å²) in [5.41, 5.74) is -0.507. The van der Waals surface area contributed by atoms with E-state index < -0.39 is 7.37 Å². The lowest BCUT2D eigenvalue weighted by Gasteiger charge is -1.98. The summed E-state index contributed by atoms with van der Waals surface area (Å²) in [6, 6.07) is 0. The van der Waals surface area contributed by atoms with Crippen LogP contribution in [0.4, 0.5) is 0 Å². The molecule has 0 unspecified atom stereocenters. The molecule has 0 heterocycles. The zero-order chi connectivity index (χ0) is 5.91. The van der Waals surface area contributed by atoms with Crippen molar-refractivity contribution in [1.29, 1.82) is 0 Å². The van der Waals surface area contributed by atoms with E-state index in [2.05, 4.69) is 0 Å². The Morgan fingerprint density at radius 3 is 1.62 bits per heavy atom. The van der Waals surface area contributed by atoms with E-state index in [0.717, 1.165) is 0 Å². The molecule has 6 heteroatoms. The van der Waals surface area contributed by atoms with Crippen LogP contribution in [0.25, 0.3) is 0 Å². The van der Waals surface area contributed by atoms with Crippen LogP contribution in [-0.2, 0) is 4.57 Å². The first-order valence-corrected chi connectivity index (χ1v) is 4.65. The first-order valence-electron chi connectivity index (χ1n) is 1.55. The van der Waals surface area contributed by atoms with Crippen molar-refractivity contribution < 1.29 is 9.46 Å². The molecule has 0 atom stereocenters. The van der Waals surface area contributed by atoms with Gasteiger partial charge in [0.05, 0.1) is 0 Å². The van der Waals surface area contributed by atoms with Crippen molar-refractivity contribution in [3.05, 3.63) is 0 Å². The van der Waals surface area contributed by atoms with Crippen LogP contribution in [0.3, 0.4) is 0 Å². The Hall–Kier alpha value is 1.06. The van der Waals surface area contributed by atoms with E-state index in [1.165, 1.54) is 0 Å². The normalized spacial score (nSPS) is 10.4. The highest BCUT2D eigenvalue weighted by molar-refractivity contribution is 7.61. The minimum Gasteiger partial charge on any atom is -0.343 e. The predicted octanol–water partition coefficient (Wildman–Crippen LogP) is 2.07. The third-order valence-electron chi connectivity index (χ3n) is 0.374. The molecule has 0 amide bonds. The molecule has 52 valence electrons. The maximum absolute atomic E-state index is 10.2. The van der Waals surface area contributed by atoms with E-state index in [9.17, 15) is 4.57 Å². The van der Waals surface area contributed by atoms with E-state index in [1.807, 2.05) is 0 Å². The van der Waals surface area contributed by atoms with Crippen molar-refractivity contribution in [2.75, 3.05) is 11.2 Å². The van der Waals surface area contributed by atoms with Gasteiger partial charge in [-0.05, 0) is 0 Å². The Morgan fingerprint density at radius 2 is 1.62 bits per heavy atom. The fourth-order valence-electron chi connectivity index (χ4n) is 0.0319. The zero-order valence-corrected chi connectivity index (χ0v) is 7.10. The highest BCUT2D eigenvalue weighted by Crippen LogP contribution is 2.41. The molecule has 0 fully saturated rings. The second-order valence-corrected chi connectivity index (χ2v) is 4.69. The molecule has 0 aliphatic carbocycles. The van der Waals surface area contributed by atoms with E-state index in [4.69, 9.17) is 28.1 Å². The van der Waals surface area contributed by atoms with Gasteiger partial charge in [-0.15, -0.1) is 35.6 Å². The molecule has 0 saturated carbocycles. The average Bonchev–Trinajstić information content (AvgIpc) is 1.68. The Morgan fingerprint density at radius 1 is 1.38 bits per heavy atom. The number of rotatable bonds is 2. The van der Waals surface area contributed by atoms with Crippen molar-refractivity contribution in [3.63, 3.8) is 0 Å². The molecular weight excluding hydrogens is 193 g/mol. The Balaban J connectivity index is 0. The standard InChI is InChI=1S/C2H5Cl2O2P.ClH/c3-1-7(5,6)2-4;/h1-2H2,(H,5,6);1H. The topological polar surface area (TPSA) is 37.3 Å². The van der Waals surface area contributed by atoms with Crippen molar-refractivity contribution in [2.24, 2.45) is 0 Å². The number of hydrogen-bond acceptors (Lipinski definition) is 1. The second kappa shape index (κ2) is 4.89. The number of halogens is 3. The van der Waals surface area contributed by atoms with Crippen LogP contribution in [0.2, 0.25) is 0 Å². The summed E-state index contributed by atoms with van der Waals surface area (Å²) in [5, 5.41) is 0. The molecule has 2 nitrogen and oxygen atoms in total. The number of alkyl halides is 2. The molecule has 8 heavy (non-hydrogen) atoms. The molecule has 0 aromatic carbocycles. The molecule has 1 N–H and O–H groups in total. The van der Waals surface area contributed by atoms with Crippen LogP contribution < -0.4 is 0 Å². The van der Waals surface area contributed by atoms with Crippen LogP contribution in [0, 0.1) is 0 Å². The largest absolute Gasteiger partial charge is 0.343 e. The summed E-state index contributed by atoms with van der Waals surface area (Å²) in [4.78, 5) is 8.42. The summed E-state index contributed by atoms with van der Waals surface area (Å²) < 4.78 is 10.2. The molecule has 0 aliphatic rings. The smallest absolute Gasteiger partial charge is 0.229 e. The monoisotopic (exact) mass is 198 g/mol. The fourth-order valence-corrected chi connectivity index (χ4v) is 0.862. The van der Waals surface area contributed by atoms with Crippen LogP contribution in [0.15, 0.2) is 0 Å². The summed E-state index contributed by atoms with van der Waals surface area (Å²) in [7, 11) is -3.12. The van der Waals surface area contributed by atoms with Gasteiger partial charge in [0.15, 0.2) is 0 Å². The first-order chi connectivity index (χ1) is 3.12. The molecule has 0 saturated heterocycles. The quantitative estimate of drug-likeness (QED) is 0.546.